The van der Waals surface area contributed by atoms with Gasteiger partial charge in [-0.3, -0.25) is 0 Å². The second kappa shape index (κ2) is 10.9. The smallest absolute Gasteiger partial charge is 0.158 e. The molecule has 0 aliphatic heterocycles. The molecule has 0 aliphatic rings. The van der Waals surface area contributed by atoms with Crippen LogP contribution in [0.3, 0.4) is 0 Å². The number of nitrogens with two attached hydrogens (primary N) is 2. The average molecular weight is 493 g/mol. The van der Waals surface area contributed by atoms with Crippen LogP contribution in [0, 0.1) is 0 Å². The van der Waals surface area contributed by atoms with E-state index in [4.69, 9.17) is 25.5 Å². The van der Waals surface area contributed by atoms with Gasteiger partial charge in [-0.25, -0.2) is 0 Å². The van der Waals surface area contributed by atoms with E-state index < -0.39 is 8.15 Å². The first-order valence-electron chi connectivity index (χ1n) is 11.4. The molecule has 0 heterocycles. The van der Waals surface area contributed by atoms with Crippen LogP contribution in [0.1, 0.15) is 0 Å². The summed E-state index contributed by atoms with van der Waals surface area (Å²) in [4.78, 5) is 0. The molecule has 0 amide bonds. The molecule has 0 fully saturated rings. The molecule has 0 saturated heterocycles. The summed E-state index contributed by atoms with van der Waals surface area (Å²) in [7, 11) is -1.39. The van der Waals surface area contributed by atoms with Crippen molar-refractivity contribution in [3.8, 4) is 28.7 Å². The van der Waals surface area contributed by atoms with Crippen LogP contribution in [0.2, 0.25) is 0 Å². The fourth-order valence-corrected chi connectivity index (χ4v) is 5.52. The van der Waals surface area contributed by atoms with Gasteiger partial charge in [-0.2, -0.15) is 0 Å². The highest BCUT2D eigenvalue weighted by atomic mass is 31.1. The molecule has 0 atom stereocenters. The molecular weight excluding hydrogens is 467 g/mol. The highest BCUT2D eigenvalue weighted by molar-refractivity contribution is 7.69. The Kier molecular flexibility index (Phi) is 7.02. The molecular formula is C30H25N2O3P. The lowest BCUT2D eigenvalue weighted by molar-refractivity contribution is 0.484. The van der Waals surface area contributed by atoms with Gasteiger partial charge in [-0.1, -0.05) is 54.6 Å². The van der Waals surface area contributed by atoms with E-state index in [1.807, 2.05) is 115 Å². The van der Waals surface area contributed by atoms with Crippen LogP contribution in [0.25, 0.3) is 0 Å². The van der Waals surface area contributed by atoms with Gasteiger partial charge >= 0.3 is 0 Å². The van der Waals surface area contributed by atoms with E-state index >= 15 is 0 Å². The summed E-state index contributed by atoms with van der Waals surface area (Å²) in [5.74, 6) is 3.43. The Labute approximate surface area is 211 Å². The van der Waals surface area contributed by atoms with Crippen molar-refractivity contribution >= 4 is 30.1 Å². The summed E-state index contributed by atoms with van der Waals surface area (Å²) in [6, 6.07) is 40.2. The third kappa shape index (κ3) is 5.60. The van der Waals surface area contributed by atoms with Gasteiger partial charge in [0.1, 0.15) is 28.7 Å². The molecule has 178 valence electrons. The molecule has 5 aromatic rings. The molecule has 6 heteroatoms. The number of anilines is 2. The lowest BCUT2D eigenvalue weighted by atomic mass is 10.3. The largest absolute Gasteiger partial charge is 0.464 e. The molecule has 0 aromatic heterocycles. The van der Waals surface area contributed by atoms with Gasteiger partial charge in [0.15, 0.2) is 8.15 Å². The minimum absolute atomic E-state index is 0.633. The number of nitrogen functional groups attached to an aromatic ring is 2. The van der Waals surface area contributed by atoms with Gasteiger partial charge in [-0.05, 0) is 60.7 Å². The van der Waals surface area contributed by atoms with Crippen molar-refractivity contribution in [1.82, 2.24) is 0 Å². The molecule has 0 saturated carbocycles. The number of benzene rings is 5. The van der Waals surface area contributed by atoms with Crippen LogP contribution in [0.15, 0.2) is 127 Å². The molecule has 5 nitrogen and oxygen atoms in total. The summed E-state index contributed by atoms with van der Waals surface area (Å²) in [5.41, 5.74) is 13.2. The number of para-hydroxylation sites is 3. The molecule has 0 bridgehead atoms. The molecule has 5 rings (SSSR count). The lowest BCUT2D eigenvalue weighted by Gasteiger charge is -2.23. The predicted octanol–water partition coefficient (Wildman–Crippen LogP) is 6.86. The van der Waals surface area contributed by atoms with E-state index in [0.717, 1.165) is 16.4 Å². The van der Waals surface area contributed by atoms with E-state index in [0.29, 0.717) is 34.4 Å². The summed E-state index contributed by atoms with van der Waals surface area (Å²) in [5, 5.41) is 1.81. The van der Waals surface area contributed by atoms with Gasteiger partial charge in [0.2, 0.25) is 0 Å². The fourth-order valence-electron chi connectivity index (χ4n) is 3.65. The van der Waals surface area contributed by atoms with Crippen LogP contribution in [0.4, 0.5) is 11.4 Å². The molecule has 5 aromatic carbocycles. The van der Waals surface area contributed by atoms with Gasteiger partial charge in [0.05, 0.1) is 10.6 Å². The highest BCUT2D eigenvalue weighted by Crippen LogP contribution is 2.43. The topological polar surface area (TPSA) is 79.7 Å². The first-order chi connectivity index (χ1) is 17.7. The lowest BCUT2D eigenvalue weighted by Crippen LogP contribution is -2.19. The van der Waals surface area contributed by atoms with Crippen molar-refractivity contribution in [2.45, 2.75) is 0 Å². The molecule has 36 heavy (non-hydrogen) atoms. The maximum Gasteiger partial charge on any atom is 0.158 e. The monoisotopic (exact) mass is 492 g/mol. The van der Waals surface area contributed by atoms with Crippen molar-refractivity contribution in [2.24, 2.45) is 0 Å². The molecule has 0 spiro atoms. The average Bonchev–Trinajstić information content (AvgIpc) is 2.89. The van der Waals surface area contributed by atoms with Crippen molar-refractivity contribution < 1.29 is 14.0 Å². The Bertz CT molecular complexity index is 1370. The van der Waals surface area contributed by atoms with Gasteiger partial charge in [0, 0.05) is 23.5 Å². The molecule has 0 aliphatic carbocycles. The van der Waals surface area contributed by atoms with Crippen molar-refractivity contribution in [3.05, 3.63) is 127 Å². The molecule has 4 N–H and O–H groups in total. The van der Waals surface area contributed by atoms with Gasteiger partial charge in [-0.15, -0.1) is 0 Å². The van der Waals surface area contributed by atoms with Gasteiger partial charge < -0.3 is 25.5 Å². The summed E-state index contributed by atoms with van der Waals surface area (Å²) >= 11 is 0. The first-order valence-corrected chi connectivity index (χ1v) is 12.7. The van der Waals surface area contributed by atoms with Crippen molar-refractivity contribution in [1.29, 1.82) is 0 Å². The zero-order valence-electron chi connectivity index (χ0n) is 19.5. The number of rotatable bonds is 8. The van der Waals surface area contributed by atoms with Crippen molar-refractivity contribution in [3.63, 3.8) is 0 Å². The van der Waals surface area contributed by atoms with E-state index in [1.165, 1.54) is 0 Å². The first kappa shape index (κ1) is 23.3. The van der Waals surface area contributed by atoms with Crippen LogP contribution < -0.4 is 36.1 Å². The minimum atomic E-state index is -1.39. The van der Waals surface area contributed by atoms with Gasteiger partial charge in [0.25, 0.3) is 0 Å². The van der Waals surface area contributed by atoms with Crippen LogP contribution in [0.5, 0.6) is 28.7 Å². The number of hydrogen-bond donors (Lipinski definition) is 2. The third-order valence-electron chi connectivity index (χ3n) is 5.28. The van der Waals surface area contributed by atoms with E-state index in [2.05, 4.69) is 0 Å². The summed E-state index contributed by atoms with van der Waals surface area (Å²) in [6.45, 7) is 0. The van der Waals surface area contributed by atoms with E-state index in [1.54, 1.807) is 12.1 Å². The normalized spacial score (nSPS) is 10.7. The summed E-state index contributed by atoms with van der Waals surface area (Å²) in [6.07, 6.45) is 0. The zero-order valence-corrected chi connectivity index (χ0v) is 20.3. The standard InChI is InChI=1S/C30H25N2O3P/c31-22-10-8-14-25(20-22)33-27-16-4-6-18-29(27)36(35-24-12-2-1-3-13-24)30-19-7-5-17-28(30)34-26-15-9-11-23(32)21-26/h1-21H,31-32H2. The third-order valence-corrected chi connectivity index (χ3v) is 7.29. The van der Waals surface area contributed by atoms with Crippen LogP contribution in [-0.2, 0) is 0 Å². The quantitative estimate of drug-likeness (QED) is 0.183. The van der Waals surface area contributed by atoms with E-state index in [-0.39, 0.29) is 0 Å². The maximum absolute atomic E-state index is 6.65. The number of hydrogen-bond acceptors (Lipinski definition) is 5. The summed E-state index contributed by atoms with van der Waals surface area (Å²) < 4.78 is 19.3. The SMILES string of the molecule is Nc1cccc(Oc2ccccc2P(Oc2ccccc2)c2ccccc2Oc2cccc(N)c2)c1. The van der Waals surface area contributed by atoms with Crippen molar-refractivity contribution in [2.75, 3.05) is 11.5 Å². The Morgan fingerprint density at radius 3 is 1.39 bits per heavy atom. The fraction of sp³-hybridized carbons (Fsp3) is 0. The van der Waals surface area contributed by atoms with Crippen LogP contribution >= 0.6 is 8.15 Å². The maximum atomic E-state index is 6.65. The second-order valence-corrected chi connectivity index (χ2v) is 9.72. The Morgan fingerprint density at radius 2 is 0.889 bits per heavy atom. The van der Waals surface area contributed by atoms with E-state index in [9.17, 15) is 0 Å². The number of ether oxygens (including phenoxy) is 2. The second-order valence-electron chi connectivity index (χ2n) is 7.98. The Morgan fingerprint density at radius 1 is 0.444 bits per heavy atom. The minimum Gasteiger partial charge on any atom is -0.464 e. The highest BCUT2D eigenvalue weighted by Gasteiger charge is 2.25. The molecule has 0 radical (unpaired) electrons. The Balaban J connectivity index is 1.59. The predicted molar refractivity (Wildman–Crippen MR) is 148 cm³/mol. The molecule has 0 unspecified atom stereocenters. The van der Waals surface area contributed by atoms with Crippen LogP contribution in [-0.4, -0.2) is 0 Å². The zero-order chi connectivity index (χ0) is 24.7. The Hall–Kier alpha value is -4.47.